The van der Waals surface area contributed by atoms with Crippen LogP contribution in [0.1, 0.15) is 38.5 Å². The second kappa shape index (κ2) is 7.59. The number of benzene rings is 1. The predicted molar refractivity (Wildman–Crippen MR) is 99.9 cm³/mol. The van der Waals surface area contributed by atoms with Gasteiger partial charge in [-0.3, -0.25) is 0 Å². The Kier molecular flexibility index (Phi) is 4.86. The number of aromatic nitrogens is 4. The fourth-order valence-electron chi connectivity index (χ4n) is 3.29. The molecule has 0 bridgehead atoms. The van der Waals surface area contributed by atoms with Crippen molar-refractivity contribution < 1.29 is 4.39 Å². The van der Waals surface area contributed by atoms with Crippen LogP contribution < -0.4 is 10.6 Å². The predicted octanol–water partition coefficient (Wildman–Crippen LogP) is 4.44. The highest BCUT2D eigenvalue weighted by Gasteiger charge is 2.16. The van der Waals surface area contributed by atoms with Crippen LogP contribution in [0.2, 0.25) is 0 Å². The summed E-state index contributed by atoms with van der Waals surface area (Å²) < 4.78 is 13.2. The van der Waals surface area contributed by atoms with Gasteiger partial charge in [0, 0.05) is 24.1 Å². The zero-order valence-electron chi connectivity index (χ0n) is 14.5. The van der Waals surface area contributed by atoms with Gasteiger partial charge >= 0.3 is 0 Å². The van der Waals surface area contributed by atoms with Gasteiger partial charge in [-0.25, -0.2) is 14.4 Å². The van der Waals surface area contributed by atoms with Gasteiger partial charge in [-0.15, -0.1) is 0 Å². The molecule has 26 heavy (non-hydrogen) atoms. The van der Waals surface area contributed by atoms with E-state index in [1.54, 1.807) is 24.5 Å². The van der Waals surface area contributed by atoms with Gasteiger partial charge in [0.25, 0.3) is 0 Å². The van der Waals surface area contributed by atoms with Crippen molar-refractivity contribution in [3.63, 3.8) is 0 Å². The first-order valence-electron chi connectivity index (χ1n) is 9.06. The lowest BCUT2D eigenvalue weighted by molar-refractivity contribution is 0.615. The van der Waals surface area contributed by atoms with E-state index in [4.69, 9.17) is 0 Å². The molecule has 4 rings (SSSR count). The summed E-state index contributed by atoms with van der Waals surface area (Å²) in [4.78, 5) is 17.8. The van der Waals surface area contributed by atoms with Crippen LogP contribution in [0.5, 0.6) is 0 Å². The number of hydrogen-bond acceptors (Lipinski definition) is 6. The SMILES string of the molecule is Fc1ccc(Nc2nc(NC3CCCCCC3)nc3nccnc23)cc1. The van der Waals surface area contributed by atoms with E-state index >= 15 is 0 Å². The standard InChI is InChI=1S/C19H21FN6/c20-13-7-9-15(10-8-13)23-18-16-17(22-12-11-21-16)25-19(26-18)24-14-5-3-1-2-4-6-14/h7-12,14H,1-6H2,(H2,22,23,24,25,26). The molecule has 2 heterocycles. The molecule has 0 aliphatic heterocycles. The highest BCUT2D eigenvalue weighted by molar-refractivity contribution is 5.85. The lowest BCUT2D eigenvalue weighted by Gasteiger charge is -2.17. The molecule has 1 aromatic carbocycles. The van der Waals surface area contributed by atoms with E-state index in [2.05, 4.69) is 30.6 Å². The van der Waals surface area contributed by atoms with Crippen LogP contribution in [0.4, 0.5) is 21.8 Å². The maximum atomic E-state index is 13.2. The third-order valence-corrected chi connectivity index (χ3v) is 4.63. The molecule has 1 aliphatic rings. The van der Waals surface area contributed by atoms with E-state index in [-0.39, 0.29) is 5.82 Å². The van der Waals surface area contributed by atoms with Crippen molar-refractivity contribution >= 4 is 28.6 Å². The van der Waals surface area contributed by atoms with Gasteiger partial charge in [0.1, 0.15) is 5.82 Å². The van der Waals surface area contributed by atoms with Crippen LogP contribution in [0.25, 0.3) is 11.2 Å². The average Bonchev–Trinajstić information content (AvgIpc) is 2.92. The van der Waals surface area contributed by atoms with E-state index in [1.807, 2.05) is 0 Å². The number of hydrogen-bond donors (Lipinski definition) is 2. The number of rotatable bonds is 4. The van der Waals surface area contributed by atoms with Crippen LogP contribution in [-0.2, 0) is 0 Å². The maximum absolute atomic E-state index is 13.2. The highest BCUT2D eigenvalue weighted by atomic mass is 19.1. The quantitative estimate of drug-likeness (QED) is 0.676. The molecule has 0 amide bonds. The van der Waals surface area contributed by atoms with Gasteiger partial charge in [0.2, 0.25) is 5.95 Å². The van der Waals surface area contributed by atoms with Crippen molar-refractivity contribution in [3.05, 3.63) is 42.5 Å². The number of nitrogens with one attached hydrogen (secondary N) is 2. The van der Waals surface area contributed by atoms with Crippen molar-refractivity contribution in [3.8, 4) is 0 Å². The Morgan fingerprint density at radius 3 is 2.38 bits per heavy atom. The zero-order valence-corrected chi connectivity index (χ0v) is 14.5. The van der Waals surface area contributed by atoms with Crippen molar-refractivity contribution in [2.24, 2.45) is 0 Å². The number of halogens is 1. The third-order valence-electron chi connectivity index (χ3n) is 4.63. The van der Waals surface area contributed by atoms with Crippen molar-refractivity contribution in [2.75, 3.05) is 10.6 Å². The first-order valence-corrected chi connectivity index (χ1v) is 9.06. The Morgan fingerprint density at radius 2 is 1.62 bits per heavy atom. The van der Waals surface area contributed by atoms with Gasteiger partial charge in [0.05, 0.1) is 0 Å². The second-order valence-electron chi connectivity index (χ2n) is 6.59. The van der Waals surface area contributed by atoms with Crippen LogP contribution in [0.15, 0.2) is 36.7 Å². The minimum Gasteiger partial charge on any atom is -0.351 e. The topological polar surface area (TPSA) is 75.6 Å². The van der Waals surface area contributed by atoms with E-state index in [9.17, 15) is 4.39 Å². The normalized spacial score (nSPS) is 15.6. The van der Waals surface area contributed by atoms with Crippen LogP contribution in [-0.4, -0.2) is 26.0 Å². The molecular weight excluding hydrogens is 331 g/mol. The summed E-state index contributed by atoms with van der Waals surface area (Å²) in [5, 5.41) is 6.66. The Bertz CT molecular complexity index is 875. The molecule has 7 heteroatoms. The molecule has 2 aromatic heterocycles. The van der Waals surface area contributed by atoms with Crippen LogP contribution in [0.3, 0.4) is 0 Å². The summed E-state index contributed by atoms with van der Waals surface area (Å²) in [6.45, 7) is 0. The Labute approximate surface area is 151 Å². The fraction of sp³-hybridized carbons (Fsp3) is 0.368. The number of nitrogens with zero attached hydrogens (tertiary/aromatic N) is 4. The zero-order chi connectivity index (χ0) is 17.8. The molecule has 6 nitrogen and oxygen atoms in total. The monoisotopic (exact) mass is 352 g/mol. The molecule has 134 valence electrons. The number of anilines is 3. The molecular formula is C19H21FN6. The summed E-state index contributed by atoms with van der Waals surface area (Å²) in [5.41, 5.74) is 1.85. The lowest BCUT2D eigenvalue weighted by Crippen LogP contribution is -2.20. The van der Waals surface area contributed by atoms with E-state index in [1.165, 1.54) is 37.8 Å². The summed E-state index contributed by atoms with van der Waals surface area (Å²) in [6.07, 6.45) is 10.5. The minimum atomic E-state index is -0.279. The number of fused-ring (bicyclic) bond motifs is 1. The van der Waals surface area contributed by atoms with Crippen molar-refractivity contribution in [1.29, 1.82) is 0 Å². The van der Waals surface area contributed by atoms with Gasteiger partial charge in [-0.1, -0.05) is 25.7 Å². The molecule has 1 aliphatic carbocycles. The van der Waals surface area contributed by atoms with Gasteiger partial charge in [0.15, 0.2) is 17.0 Å². The summed E-state index contributed by atoms with van der Waals surface area (Å²) in [5.74, 6) is 0.832. The smallest absolute Gasteiger partial charge is 0.227 e. The minimum absolute atomic E-state index is 0.279. The molecule has 0 spiro atoms. The summed E-state index contributed by atoms with van der Waals surface area (Å²) in [6, 6.07) is 6.52. The van der Waals surface area contributed by atoms with E-state index in [0.717, 1.165) is 18.5 Å². The molecule has 1 fully saturated rings. The molecule has 0 atom stereocenters. The second-order valence-corrected chi connectivity index (χ2v) is 6.59. The summed E-state index contributed by atoms with van der Waals surface area (Å²) in [7, 11) is 0. The van der Waals surface area contributed by atoms with Crippen molar-refractivity contribution in [1.82, 2.24) is 19.9 Å². The molecule has 0 unspecified atom stereocenters. The van der Waals surface area contributed by atoms with Gasteiger partial charge in [-0.05, 0) is 37.1 Å². The molecule has 0 saturated heterocycles. The lowest BCUT2D eigenvalue weighted by atomic mass is 10.1. The Morgan fingerprint density at radius 1 is 0.885 bits per heavy atom. The molecule has 0 radical (unpaired) electrons. The van der Waals surface area contributed by atoms with E-state index in [0.29, 0.717) is 29.0 Å². The Hall–Kier alpha value is -2.83. The van der Waals surface area contributed by atoms with Crippen LogP contribution >= 0.6 is 0 Å². The van der Waals surface area contributed by atoms with Gasteiger partial charge < -0.3 is 10.6 Å². The van der Waals surface area contributed by atoms with Crippen LogP contribution in [0, 0.1) is 5.82 Å². The maximum Gasteiger partial charge on any atom is 0.227 e. The van der Waals surface area contributed by atoms with Crippen molar-refractivity contribution in [2.45, 2.75) is 44.6 Å². The molecule has 3 aromatic rings. The largest absolute Gasteiger partial charge is 0.351 e. The Balaban J connectivity index is 1.65. The molecule has 1 saturated carbocycles. The average molecular weight is 352 g/mol. The first-order chi connectivity index (χ1) is 12.8. The highest BCUT2D eigenvalue weighted by Crippen LogP contribution is 2.25. The van der Waals surface area contributed by atoms with E-state index < -0.39 is 0 Å². The summed E-state index contributed by atoms with van der Waals surface area (Å²) >= 11 is 0. The first kappa shape index (κ1) is 16.6. The molecule has 2 N–H and O–H groups in total. The van der Waals surface area contributed by atoms with Gasteiger partial charge in [-0.2, -0.15) is 9.97 Å². The fourth-order valence-corrected chi connectivity index (χ4v) is 3.29. The third kappa shape index (κ3) is 3.87.